The van der Waals surface area contributed by atoms with Crippen molar-refractivity contribution in [2.75, 3.05) is 39.6 Å². The molecule has 46 heavy (non-hydrogen) atoms. The molecule has 0 heterocycles. The Morgan fingerprint density at radius 2 is 0.630 bits per heavy atom. The van der Waals surface area contributed by atoms with Gasteiger partial charge in [-0.15, -0.1) is 0 Å². The van der Waals surface area contributed by atoms with Crippen molar-refractivity contribution in [2.45, 2.75) is 94.0 Å². The van der Waals surface area contributed by atoms with Crippen LogP contribution < -0.4 is 15.3 Å². The molecule has 0 saturated heterocycles. The van der Waals surface area contributed by atoms with Crippen LogP contribution in [0.1, 0.15) is 20.8 Å². The summed E-state index contributed by atoms with van der Waals surface area (Å²) in [7, 11) is 0. The fourth-order valence-corrected chi connectivity index (χ4v) is 3.00. The Labute approximate surface area is 282 Å². The average molecular weight is 879 g/mol. The minimum absolute atomic E-state index is 0. The zero-order valence-corrected chi connectivity index (χ0v) is 28.6. The van der Waals surface area contributed by atoms with Gasteiger partial charge in [0.15, 0.2) is 0 Å². The molecule has 0 aliphatic heterocycles. The van der Waals surface area contributed by atoms with Gasteiger partial charge < -0.3 is 105 Å². The van der Waals surface area contributed by atoms with Gasteiger partial charge in [0.1, 0.15) is 73.2 Å². The van der Waals surface area contributed by atoms with Crippen LogP contribution in [0.15, 0.2) is 0 Å². The van der Waals surface area contributed by atoms with Crippen LogP contribution in [0.2, 0.25) is 0 Å². The van der Waals surface area contributed by atoms with Crippen LogP contribution in [-0.4, -0.2) is 218 Å². The van der Waals surface area contributed by atoms with Gasteiger partial charge in [-0.05, 0) is 20.8 Å². The van der Waals surface area contributed by atoms with Crippen LogP contribution in [0.25, 0.3) is 0 Å². The first-order chi connectivity index (χ1) is 20.9. The molecule has 0 fully saturated rings. The monoisotopic (exact) mass is 878 g/mol. The second-order valence-electron chi connectivity index (χ2n) is 8.78. The Kier molecular flexibility index (Phi) is 32.1. The molecule has 22 heteroatoms. The number of carbonyl (C=O) groups excluding carboxylic acids is 3. The number of carboxylic acids is 3. The summed E-state index contributed by atoms with van der Waals surface area (Å²) < 4.78 is 13.8. The fourth-order valence-electron chi connectivity index (χ4n) is 3.00. The summed E-state index contributed by atoms with van der Waals surface area (Å²) in [6, 6.07) is 0. The molecule has 0 aromatic rings. The normalized spacial score (nSPS) is 18.8. The molecule has 2 radical (unpaired) electrons. The largest absolute Gasteiger partial charge is 3.00 e. The standard InChI is InChI=1S/3C8H16O7.Bi/c3*1-2-15-7(8(13)14)6(12)5(11)4(10)3-9;/h3*4-7,9-12H,2-3H2,1H3,(H,13,14);/q;;;+3/p-3. The summed E-state index contributed by atoms with van der Waals surface area (Å²) in [6.45, 7) is 2.08. The number of aliphatic carboxylic acids is 3. The molecule has 21 nitrogen and oxygen atoms in total. The minimum atomic E-state index is -1.86. The van der Waals surface area contributed by atoms with E-state index in [1.165, 1.54) is 20.8 Å². The summed E-state index contributed by atoms with van der Waals surface area (Å²) >= 11 is 0. The number of carboxylic acid groups (broad SMARTS) is 3. The van der Waals surface area contributed by atoms with Gasteiger partial charge in [0.05, 0.1) is 37.7 Å². The molecule has 0 rings (SSSR count). The molecule has 12 atom stereocenters. The molecule has 0 aliphatic carbocycles. The van der Waals surface area contributed by atoms with E-state index in [-0.39, 0.29) is 46.0 Å². The summed E-state index contributed by atoms with van der Waals surface area (Å²) in [5, 5.41) is 139. The van der Waals surface area contributed by atoms with E-state index >= 15 is 0 Å². The van der Waals surface area contributed by atoms with Gasteiger partial charge in [0.2, 0.25) is 0 Å². The van der Waals surface area contributed by atoms with Crippen molar-refractivity contribution < 1.29 is 105 Å². The topological polar surface area (TPSA) is 391 Å². The number of ether oxygens (including phenoxy) is 3. The summed E-state index contributed by atoms with van der Waals surface area (Å²) in [5.41, 5.74) is 0. The maximum absolute atomic E-state index is 10.5. The van der Waals surface area contributed by atoms with Crippen LogP contribution >= 0.6 is 0 Å². The maximum atomic E-state index is 10.5. The van der Waals surface area contributed by atoms with Gasteiger partial charge in [-0.2, -0.15) is 0 Å². The van der Waals surface area contributed by atoms with E-state index in [0.29, 0.717) is 0 Å². The quantitative estimate of drug-likeness (QED) is 0.0476. The van der Waals surface area contributed by atoms with Gasteiger partial charge in [0, 0.05) is 19.8 Å². The zero-order valence-electron chi connectivity index (χ0n) is 25.2. The third-order valence-corrected chi connectivity index (χ3v) is 5.46. The molecule has 0 spiro atoms. The third-order valence-electron chi connectivity index (χ3n) is 5.46. The molecule has 0 amide bonds. The zero-order chi connectivity index (χ0) is 36.0. The molecule has 12 N–H and O–H groups in total. The van der Waals surface area contributed by atoms with Crippen LogP contribution in [-0.2, 0) is 28.6 Å². The van der Waals surface area contributed by atoms with Crippen molar-refractivity contribution in [2.24, 2.45) is 0 Å². The maximum Gasteiger partial charge on any atom is 3.00 e. The predicted molar refractivity (Wildman–Crippen MR) is 142 cm³/mol. The first-order valence-electron chi connectivity index (χ1n) is 13.3. The molecule has 0 bridgehead atoms. The summed E-state index contributed by atoms with van der Waals surface area (Å²) in [4.78, 5) is 31.5. The van der Waals surface area contributed by atoms with Crippen molar-refractivity contribution >= 4 is 44.1 Å². The van der Waals surface area contributed by atoms with Crippen molar-refractivity contribution in [1.29, 1.82) is 0 Å². The van der Waals surface area contributed by atoms with Crippen molar-refractivity contribution in [1.82, 2.24) is 0 Å². The van der Waals surface area contributed by atoms with Gasteiger partial charge in [-0.3, -0.25) is 0 Å². The third kappa shape index (κ3) is 19.5. The number of hydrogen-bond donors (Lipinski definition) is 12. The van der Waals surface area contributed by atoms with Gasteiger partial charge in [-0.25, -0.2) is 0 Å². The summed E-state index contributed by atoms with van der Waals surface area (Å²) in [6.07, 6.45) is -21.2. The van der Waals surface area contributed by atoms with E-state index in [9.17, 15) is 60.3 Å². The Morgan fingerprint density at radius 1 is 0.457 bits per heavy atom. The molecule has 272 valence electrons. The minimum Gasteiger partial charge on any atom is -0.547 e. The van der Waals surface area contributed by atoms with E-state index in [0.717, 1.165) is 0 Å². The van der Waals surface area contributed by atoms with Crippen molar-refractivity contribution in [3.05, 3.63) is 0 Å². The number of aliphatic hydroxyl groups excluding tert-OH is 12. The van der Waals surface area contributed by atoms with Crippen LogP contribution in [0.4, 0.5) is 0 Å². The molecule has 12 unspecified atom stereocenters. The second-order valence-corrected chi connectivity index (χ2v) is 8.78. The van der Waals surface area contributed by atoms with E-state index < -0.39 is 111 Å². The fraction of sp³-hybridized carbons (Fsp3) is 0.875. The Balaban J connectivity index is -0.000000285. The van der Waals surface area contributed by atoms with E-state index in [1.54, 1.807) is 0 Å². The van der Waals surface area contributed by atoms with E-state index in [1.807, 2.05) is 0 Å². The van der Waals surface area contributed by atoms with Gasteiger partial charge >= 0.3 is 26.2 Å². The Morgan fingerprint density at radius 3 is 0.739 bits per heavy atom. The molecule has 0 aromatic carbocycles. The van der Waals surface area contributed by atoms with Gasteiger partial charge in [-0.1, -0.05) is 0 Å². The predicted octanol–water partition coefficient (Wildman–Crippen LogP) is -11.7. The Hall–Kier alpha value is -1.31. The second kappa shape index (κ2) is 28.7. The van der Waals surface area contributed by atoms with Crippen LogP contribution in [0.3, 0.4) is 0 Å². The Bertz CT molecular complexity index is 693. The first-order valence-corrected chi connectivity index (χ1v) is 13.3. The summed E-state index contributed by atoms with van der Waals surface area (Å²) in [5.74, 6) is -5.10. The molecule has 0 aromatic heterocycles. The molecular formula is C24H45BiO21. The number of hydrogen-bond acceptors (Lipinski definition) is 21. The van der Waals surface area contributed by atoms with Crippen LogP contribution in [0, 0.1) is 0 Å². The van der Waals surface area contributed by atoms with E-state index in [2.05, 4.69) is 14.2 Å². The average Bonchev–Trinajstić information content (AvgIpc) is 3.01. The SMILES string of the molecule is CCOC(C(=O)[O-])C(O)C(O)C(O)CO.CCOC(C(=O)[O-])C(O)C(O)C(O)CO.CCOC(C(=O)[O-])C(O)C(O)C(O)CO.[Bi+3]. The van der Waals surface area contributed by atoms with Crippen molar-refractivity contribution in [3.8, 4) is 0 Å². The van der Waals surface area contributed by atoms with E-state index in [4.69, 9.17) is 30.6 Å². The van der Waals surface area contributed by atoms with Crippen molar-refractivity contribution in [3.63, 3.8) is 0 Å². The number of rotatable bonds is 21. The molecule has 0 saturated carbocycles. The first kappa shape index (κ1) is 51.5. The van der Waals surface area contributed by atoms with Crippen LogP contribution in [0.5, 0.6) is 0 Å². The van der Waals surface area contributed by atoms with Gasteiger partial charge in [0.25, 0.3) is 0 Å². The molecular weight excluding hydrogens is 833 g/mol. The smallest absolute Gasteiger partial charge is 0.547 e. The number of aliphatic hydroxyl groups is 12. The molecule has 0 aliphatic rings. The number of carbonyl (C=O) groups is 3.